The van der Waals surface area contributed by atoms with Crippen LogP contribution < -0.4 is 10.2 Å². The van der Waals surface area contributed by atoms with Crippen LogP contribution in [-0.4, -0.2) is 25.4 Å². The van der Waals surface area contributed by atoms with Crippen molar-refractivity contribution in [1.29, 1.82) is 0 Å². The number of ketones is 1. The number of nitrogens with zero attached hydrogens (tertiary/aromatic N) is 1. The summed E-state index contributed by atoms with van der Waals surface area (Å²) in [6.45, 7) is 0.586. The van der Waals surface area contributed by atoms with Gasteiger partial charge < -0.3 is 5.32 Å². The van der Waals surface area contributed by atoms with Gasteiger partial charge in [0, 0.05) is 25.6 Å². The van der Waals surface area contributed by atoms with Gasteiger partial charge in [-0.2, -0.15) is 0 Å². The van der Waals surface area contributed by atoms with Crippen LogP contribution in [-0.2, 0) is 0 Å². The smallest absolute Gasteiger partial charge is 0.321 e. The number of urea groups is 1. The van der Waals surface area contributed by atoms with Gasteiger partial charge in [-0.25, -0.2) is 4.79 Å². The summed E-state index contributed by atoms with van der Waals surface area (Å²) in [5.41, 5.74) is 1.35. The van der Waals surface area contributed by atoms with Crippen LogP contribution in [0.25, 0.3) is 0 Å². The van der Waals surface area contributed by atoms with E-state index in [1.807, 2.05) is 18.2 Å². The van der Waals surface area contributed by atoms with Crippen molar-refractivity contribution < 1.29 is 9.59 Å². The van der Waals surface area contributed by atoms with Gasteiger partial charge in [-0.05, 0) is 18.6 Å². The van der Waals surface area contributed by atoms with Crippen LogP contribution in [0.3, 0.4) is 0 Å². The normalized spacial score (nSPS) is 15.3. The molecule has 1 heterocycles. The third-order valence-electron chi connectivity index (χ3n) is 2.74. The molecule has 0 spiro atoms. The molecule has 0 bridgehead atoms. The van der Waals surface area contributed by atoms with Crippen LogP contribution in [0.5, 0.6) is 0 Å². The fraction of sp³-hybridized carbons (Fsp3) is 0.333. The molecule has 1 aromatic rings. The van der Waals surface area contributed by atoms with E-state index >= 15 is 0 Å². The number of carbonyl (C=O) groups is 2. The highest BCUT2D eigenvalue weighted by Crippen LogP contribution is 2.25. The van der Waals surface area contributed by atoms with Gasteiger partial charge >= 0.3 is 6.03 Å². The van der Waals surface area contributed by atoms with Crippen LogP contribution >= 0.6 is 0 Å². The average molecular weight is 218 g/mol. The second-order valence-corrected chi connectivity index (χ2v) is 3.75. The monoisotopic (exact) mass is 218 g/mol. The Balaban J connectivity index is 2.46. The van der Waals surface area contributed by atoms with Gasteiger partial charge in [0.2, 0.25) is 0 Å². The number of nitrogens with one attached hydrogen (secondary N) is 1. The lowest BCUT2D eigenvalue weighted by atomic mass is 10.1. The number of para-hydroxylation sites is 1. The van der Waals surface area contributed by atoms with Crippen LogP contribution in [0, 0.1) is 0 Å². The topological polar surface area (TPSA) is 49.4 Å². The Kier molecular flexibility index (Phi) is 2.90. The van der Waals surface area contributed by atoms with E-state index in [-0.39, 0.29) is 11.8 Å². The highest BCUT2D eigenvalue weighted by molar-refractivity contribution is 6.06. The average Bonchev–Trinajstić information content (AvgIpc) is 2.49. The predicted molar refractivity (Wildman–Crippen MR) is 61.8 cm³/mol. The van der Waals surface area contributed by atoms with E-state index in [4.69, 9.17) is 0 Å². The first-order chi connectivity index (χ1) is 7.74. The molecule has 2 rings (SSSR count). The quantitative estimate of drug-likeness (QED) is 0.722. The molecule has 0 aliphatic carbocycles. The summed E-state index contributed by atoms with van der Waals surface area (Å²) >= 11 is 0. The number of amides is 2. The molecule has 0 fully saturated rings. The zero-order chi connectivity index (χ0) is 11.5. The number of hydrogen-bond acceptors (Lipinski definition) is 2. The molecule has 1 N–H and O–H groups in total. The van der Waals surface area contributed by atoms with Gasteiger partial charge in [-0.1, -0.05) is 12.1 Å². The highest BCUT2D eigenvalue weighted by atomic mass is 16.2. The second kappa shape index (κ2) is 4.35. The molecular weight excluding hydrogens is 204 g/mol. The summed E-state index contributed by atoms with van der Waals surface area (Å²) < 4.78 is 0. The van der Waals surface area contributed by atoms with E-state index in [1.54, 1.807) is 18.0 Å². The van der Waals surface area contributed by atoms with Crippen molar-refractivity contribution in [3.63, 3.8) is 0 Å². The van der Waals surface area contributed by atoms with Crippen molar-refractivity contribution in [1.82, 2.24) is 5.32 Å². The molecular formula is C12H14N2O2. The largest absolute Gasteiger partial charge is 0.341 e. The standard InChI is InChI=1S/C12H14N2O2/c1-13-12(16)14-8-4-7-11(15)9-5-2-3-6-10(9)14/h2-3,5-6H,4,7-8H2,1H3,(H,13,16). The lowest BCUT2D eigenvalue weighted by Crippen LogP contribution is -2.38. The van der Waals surface area contributed by atoms with Gasteiger partial charge in [0.25, 0.3) is 0 Å². The molecule has 4 heteroatoms. The van der Waals surface area contributed by atoms with E-state index < -0.39 is 0 Å². The van der Waals surface area contributed by atoms with Crippen molar-refractivity contribution in [2.75, 3.05) is 18.5 Å². The lowest BCUT2D eigenvalue weighted by molar-refractivity contribution is 0.0983. The summed E-state index contributed by atoms with van der Waals surface area (Å²) in [5.74, 6) is 0.113. The maximum atomic E-state index is 11.8. The number of Topliss-reactive ketones (excluding diaryl/α,β-unsaturated/α-hetero) is 1. The minimum atomic E-state index is -0.165. The zero-order valence-corrected chi connectivity index (χ0v) is 9.19. The van der Waals surface area contributed by atoms with E-state index in [0.717, 1.165) is 0 Å². The molecule has 0 saturated carbocycles. The van der Waals surface area contributed by atoms with Gasteiger partial charge in [-0.3, -0.25) is 9.69 Å². The molecule has 0 saturated heterocycles. The van der Waals surface area contributed by atoms with Crippen molar-refractivity contribution in [2.45, 2.75) is 12.8 Å². The Morgan fingerprint density at radius 1 is 1.38 bits per heavy atom. The SMILES string of the molecule is CNC(=O)N1CCCC(=O)c2ccccc21. The number of hydrogen-bond donors (Lipinski definition) is 1. The first kappa shape index (κ1) is 10.7. The Bertz CT molecular complexity index is 429. The number of rotatable bonds is 0. The number of fused-ring (bicyclic) bond motifs is 1. The summed E-state index contributed by atoms with van der Waals surface area (Å²) in [5, 5.41) is 2.59. The molecule has 0 atom stereocenters. The van der Waals surface area contributed by atoms with Crippen molar-refractivity contribution in [3.05, 3.63) is 29.8 Å². The summed E-state index contributed by atoms with van der Waals surface area (Å²) in [6.07, 6.45) is 1.21. The Labute approximate surface area is 94.2 Å². The molecule has 1 aliphatic rings. The summed E-state index contributed by atoms with van der Waals surface area (Å²) in [6, 6.07) is 7.09. The lowest BCUT2D eigenvalue weighted by Gasteiger charge is -2.21. The molecule has 16 heavy (non-hydrogen) atoms. The van der Waals surface area contributed by atoms with Gasteiger partial charge in [0.1, 0.15) is 0 Å². The molecule has 0 radical (unpaired) electrons. The molecule has 0 aromatic heterocycles. The Morgan fingerprint density at radius 2 is 2.12 bits per heavy atom. The maximum Gasteiger partial charge on any atom is 0.321 e. The first-order valence-corrected chi connectivity index (χ1v) is 5.35. The molecule has 1 aromatic carbocycles. The Morgan fingerprint density at radius 3 is 2.88 bits per heavy atom. The summed E-state index contributed by atoms with van der Waals surface area (Å²) in [7, 11) is 1.59. The first-order valence-electron chi connectivity index (χ1n) is 5.35. The number of carbonyl (C=O) groups excluding carboxylic acids is 2. The van der Waals surface area contributed by atoms with Gasteiger partial charge in [-0.15, -0.1) is 0 Å². The van der Waals surface area contributed by atoms with E-state index in [1.165, 1.54) is 0 Å². The molecule has 84 valence electrons. The summed E-state index contributed by atoms with van der Waals surface area (Å²) in [4.78, 5) is 25.1. The van der Waals surface area contributed by atoms with Crippen LogP contribution in [0.15, 0.2) is 24.3 Å². The van der Waals surface area contributed by atoms with Crippen molar-refractivity contribution in [2.24, 2.45) is 0 Å². The van der Waals surface area contributed by atoms with Crippen LogP contribution in [0.4, 0.5) is 10.5 Å². The second-order valence-electron chi connectivity index (χ2n) is 3.75. The molecule has 2 amide bonds. The van der Waals surface area contributed by atoms with E-state index in [9.17, 15) is 9.59 Å². The zero-order valence-electron chi connectivity index (χ0n) is 9.19. The Hall–Kier alpha value is -1.84. The minimum Gasteiger partial charge on any atom is -0.341 e. The predicted octanol–water partition coefficient (Wildman–Crippen LogP) is 1.81. The molecule has 1 aliphatic heterocycles. The molecule has 4 nitrogen and oxygen atoms in total. The van der Waals surface area contributed by atoms with E-state index in [2.05, 4.69) is 5.32 Å². The van der Waals surface area contributed by atoms with Crippen LogP contribution in [0.2, 0.25) is 0 Å². The van der Waals surface area contributed by atoms with Gasteiger partial charge in [0.05, 0.1) is 5.69 Å². The van der Waals surface area contributed by atoms with E-state index in [0.29, 0.717) is 30.6 Å². The number of anilines is 1. The third kappa shape index (κ3) is 1.78. The number of benzene rings is 1. The van der Waals surface area contributed by atoms with Crippen molar-refractivity contribution in [3.8, 4) is 0 Å². The highest BCUT2D eigenvalue weighted by Gasteiger charge is 2.23. The van der Waals surface area contributed by atoms with Crippen molar-refractivity contribution >= 4 is 17.5 Å². The fourth-order valence-corrected chi connectivity index (χ4v) is 1.94. The maximum absolute atomic E-state index is 11.8. The third-order valence-corrected chi connectivity index (χ3v) is 2.74. The minimum absolute atomic E-state index is 0.113. The van der Waals surface area contributed by atoms with Gasteiger partial charge in [0.15, 0.2) is 5.78 Å². The fourth-order valence-electron chi connectivity index (χ4n) is 1.94. The molecule has 0 unspecified atom stereocenters. The van der Waals surface area contributed by atoms with Crippen LogP contribution in [0.1, 0.15) is 23.2 Å².